The minimum atomic E-state index is -0.0522. The fourth-order valence-corrected chi connectivity index (χ4v) is 5.19. The number of aromatic nitrogens is 2. The van der Waals surface area contributed by atoms with Crippen LogP contribution in [0.4, 0.5) is 0 Å². The van der Waals surface area contributed by atoms with Gasteiger partial charge in [0, 0.05) is 23.0 Å². The van der Waals surface area contributed by atoms with Crippen LogP contribution in [0.15, 0.2) is 27.5 Å². The Labute approximate surface area is 161 Å². The number of carbonyl (C=O) groups excluding carboxylic acids is 1. The van der Waals surface area contributed by atoms with Gasteiger partial charge in [-0.2, -0.15) is 0 Å². The van der Waals surface area contributed by atoms with Gasteiger partial charge >= 0.3 is 0 Å². The van der Waals surface area contributed by atoms with Gasteiger partial charge in [0.15, 0.2) is 10.3 Å². The molecule has 0 bridgehead atoms. The van der Waals surface area contributed by atoms with Gasteiger partial charge < -0.3 is 5.32 Å². The summed E-state index contributed by atoms with van der Waals surface area (Å²) in [5, 5.41) is 6.60. The van der Waals surface area contributed by atoms with E-state index in [4.69, 9.17) is 4.99 Å². The number of rotatable bonds is 3. The third-order valence-corrected chi connectivity index (χ3v) is 6.57. The van der Waals surface area contributed by atoms with E-state index in [0.717, 1.165) is 40.1 Å². The van der Waals surface area contributed by atoms with Gasteiger partial charge in [-0.05, 0) is 56.2 Å². The zero-order valence-corrected chi connectivity index (χ0v) is 16.6. The first-order valence-corrected chi connectivity index (χ1v) is 10.7. The number of thiazole rings is 1. The van der Waals surface area contributed by atoms with Gasteiger partial charge in [-0.15, -0.1) is 11.3 Å². The molecule has 1 aliphatic carbocycles. The van der Waals surface area contributed by atoms with E-state index in [9.17, 15) is 4.79 Å². The third-order valence-electron chi connectivity index (χ3n) is 4.89. The molecule has 2 aromatic rings. The van der Waals surface area contributed by atoms with Crippen molar-refractivity contribution in [1.82, 2.24) is 14.9 Å². The average molecular weight is 387 g/mol. The minimum absolute atomic E-state index is 0.0522. The van der Waals surface area contributed by atoms with Crippen molar-refractivity contribution in [3.05, 3.63) is 39.5 Å². The Morgan fingerprint density at radius 1 is 1.31 bits per heavy atom. The first-order chi connectivity index (χ1) is 12.6. The molecule has 7 heteroatoms. The van der Waals surface area contributed by atoms with Gasteiger partial charge in [0.1, 0.15) is 0 Å². The van der Waals surface area contributed by atoms with E-state index in [1.54, 1.807) is 11.3 Å². The molecular weight excluding hydrogens is 364 g/mol. The Bertz CT molecular complexity index is 874. The van der Waals surface area contributed by atoms with E-state index in [2.05, 4.69) is 34.8 Å². The van der Waals surface area contributed by atoms with Crippen LogP contribution in [0.1, 0.15) is 49.1 Å². The van der Waals surface area contributed by atoms with E-state index in [-0.39, 0.29) is 5.91 Å². The van der Waals surface area contributed by atoms with Crippen molar-refractivity contribution in [3.8, 4) is 5.13 Å². The number of amides is 1. The molecule has 0 radical (unpaired) electrons. The van der Waals surface area contributed by atoms with Gasteiger partial charge in [-0.25, -0.2) is 4.98 Å². The Hall–Kier alpha value is -1.86. The molecule has 1 amide bonds. The number of thioether (sulfide) groups is 1. The highest BCUT2D eigenvalue weighted by Crippen LogP contribution is 2.31. The van der Waals surface area contributed by atoms with Crippen LogP contribution >= 0.6 is 23.1 Å². The molecule has 1 saturated heterocycles. The number of aliphatic imine (C=N–C) groups is 1. The van der Waals surface area contributed by atoms with Crippen molar-refractivity contribution in [1.29, 1.82) is 0 Å². The second-order valence-electron chi connectivity index (χ2n) is 6.77. The maximum absolute atomic E-state index is 12.4. The molecule has 5 nitrogen and oxygen atoms in total. The molecule has 1 aliphatic heterocycles. The lowest BCUT2D eigenvalue weighted by Crippen LogP contribution is -2.22. The number of amidine groups is 1. The third kappa shape index (κ3) is 3.50. The molecule has 2 aliphatic rings. The van der Waals surface area contributed by atoms with Gasteiger partial charge in [0.25, 0.3) is 5.91 Å². The molecule has 0 unspecified atom stereocenters. The van der Waals surface area contributed by atoms with E-state index in [1.165, 1.54) is 31.0 Å². The lowest BCUT2D eigenvalue weighted by molar-refractivity contribution is -0.115. The zero-order valence-electron chi connectivity index (χ0n) is 15.0. The number of nitrogens with one attached hydrogen (secondary N) is 1. The van der Waals surface area contributed by atoms with Gasteiger partial charge in [-0.1, -0.05) is 19.3 Å². The fourth-order valence-electron chi connectivity index (χ4n) is 3.56. The van der Waals surface area contributed by atoms with Crippen LogP contribution in [0.3, 0.4) is 0 Å². The van der Waals surface area contributed by atoms with Crippen LogP contribution in [-0.4, -0.2) is 26.7 Å². The summed E-state index contributed by atoms with van der Waals surface area (Å²) in [6.45, 7) is 4.13. The van der Waals surface area contributed by atoms with E-state index in [1.807, 2.05) is 17.7 Å². The molecule has 1 N–H and O–H groups in total. The normalized spacial score (nSPS) is 21.7. The predicted molar refractivity (Wildman–Crippen MR) is 109 cm³/mol. The molecule has 26 heavy (non-hydrogen) atoms. The van der Waals surface area contributed by atoms with Crippen molar-refractivity contribution in [3.63, 3.8) is 0 Å². The summed E-state index contributed by atoms with van der Waals surface area (Å²) in [6.07, 6.45) is 9.83. The van der Waals surface area contributed by atoms with Gasteiger partial charge in [0.05, 0.1) is 10.9 Å². The number of nitrogens with zero attached hydrogens (tertiary/aromatic N) is 3. The maximum Gasteiger partial charge on any atom is 0.264 e. The largest absolute Gasteiger partial charge is 0.301 e. The zero-order chi connectivity index (χ0) is 18.1. The van der Waals surface area contributed by atoms with Crippen LogP contribution in [0.2, 0.25) is 0 Å². The van der Waals surface area contributed by atoms with E-state index in [0.29, 0.717) is 10.9 Å². The van der Waals surface area contributed by atoms with Crippen LogP contribution < -0.4 is 5.32 Å². The van der Waals surface area contributed by atoms with Crippen LogP contribution in [0.5, 0.6) is 0 Å². The maximum atomic E-state index is 12.4. The summed E-state index contributed by atoms with van der Waals surface area (Å²) in [6, 6.07) is 2.47. The highest BCUT2D eigenvalue weighted by atomic mass is 32.2. The Kier molecular flexibility index (Phi) is 5.00. The summed E-state index contributed by atoms with van der Waals surface area (Å²) < 4.78 is 2.13. The minimum Gasteiger partial charge on any atom is -0.301 e. The second-order valence-corrected chi connectivity index (χ2v) is 8.67. The monoisotopic (exact) mass is 386 g/mol. The lowest BCUT2D eigenvalue weighted by atomic mass is 9.96. The fraction of sp³-hybridized carbons (Fsp3) is 0.421. The molecule has 3 heterocycles. The summed E-state index contributed by atoms with van der Waals surface area (Å²) in [4.78, 5) is 22.2. The molecule has 0 atom stereocenters. The number of aryl methyl sites for hydroxylation is 1. The van der Waals surface area contributed by atoms with Gasteiger partial charge in [-0.3, -0.25) is 14.4 Å². The summed E-state index contributed by atoms with van der Waals surface area (Å²) in [5.41, 5.74) is 3.26. The van der Waals surface area contributed by atoms with Crippen molar-refractivity contribution in [2.24, 2.45) is 4.99 Å². The highest BCUT2D eigenvalue weighted by Gasteiger charge is 2.26. The number of hydrogen-bond acceptors (Lipinski definition) is 5. The average Bonchev–Trinajstić information content (AvgIpc) is 3.31. The van der Waals surface area contributed by atoms with Crippen molar-refractivity contribution < 1.29 is 4.79 Å². The standard InChI is InChI=1S/C19H22N4OS2/c1-12-10-14(13(2)23(12)19-20-8-9-25-19)11-16-17(24)22-18(26-16)21-15-6-4-3-5-7-15/h8-11,15H,3-7H2,1-2H3,(H,21,22,24)/b16-11-. The number of carbonyl (C=O) groups is 1. The first kappa shape index (κ1) is 17.5. The highest BCUT2D eigenvalue weighted by molar-refractivity contribution is 8.18. The van der Waals surface area contributed by atoms with Crippen LogP contribution in [-0.2, 0) is 4.79 Å². The smallest absolute Gasteiger partial charge is 0.264 e. The molecule has 0 spiro atoms. The topological polar surface area (TPSA) is 59.3 Å². The Morgan fingerprint density at radius 3 is 2.85 bits per heavy atom. The lowest BCUT2D eigenvalue weighted by Gasteiger charge is -2.17. The SMILES string of the molecule is Cc1cc(/C=C2\SC(=NC3CCCCC3)NC2=O)c(C)n1-c1nccs1. The van der Waals surface area contributed by atoms with Gasteiger partial charge in [0.2, 0.25) is 0 Å². The molecule has 2 aromatic heterocycles. The molecule has 4 rings (SSSR count). The van der Waals surface area contributed by atoms with E-state index >= 15 is 0 Å². The molecule has 136 valence electrons. The summed E-state index contributed by atoms with van der Waals surface area (Å²) in [5.74, 6) is -0.0522. The Balaban J connectivity index is 1.58. The van der Waals surface area contributed by atoms with Crippen LogP contribution in [0.25, 0.3) is 11.2 Å². The molecule has 2 fully saturated rings. The molecule has 1 saturated carbocycles. The van der Waals surface area contributed by atoms with Crippen molar-refractivity contribution in [2.75, 3.05) is 0 Å². The number of hydrogen-bond donors (Lipinski definition) is 1. The van der Waals surface area contributed by atoms with Crippen LogP contribution in [0, 0.1) is 13.8 Å². The van der Waals surface area contributed by atoms with Crippen molar-refractivity contribution in [2.45, 2.75) is 52.0 Å². The Morgan fingerprint density at radius 2 is 2.12 bits per heavy atom. The van der Waals surface area contributed by atoms with Crippen molar-refractivity contribution >= 4 is 40.2 Å². The van der Waals surface area contributed by atoms with E-state index < -0.39 is 0 Å². The summed E-state index contributed by atoms with van der Waals surface area (Å²) >= 11 is 3.07. The molecular formula is C19H22N4OS2. The second kappa shape index (κ2) is 7.40. The quantitative estimate of drug-likeness (QED) is 0.793. The molecule has 0 aromatic carbocycles. The summed E-state index contributed by atoms with van der Waals surface area (Å²) in [7, 11) is 0. The predicted octanol–water partition coefficient (Wildman–Crippen LogP) is 4.44. The first-order valence-electron chi connectivity index (χ1n) is 8.99.